The molecule has 2 rings (SSSR count). The predicted molar refractivity (Wildman–Crippen MR) is 67.8 cm³/mol. The summed E-state index contributed by atoms with van der Waals surface area (Å²) in [7, 11) is 0. The number of carbonyl (C=O) groups excluding carboxylic acids is 1. The lowest BCUT2D eigenvalue weighted by Gasteiger charge is -2.09. The Bertz CT molecular complexity index is 544. The fourth-order valence-electron chi connectivity index (χ4n) is 1.66. The van der Waals surface area contributed by atoms with Gasteiger partial charge >= 0.3 is 0 Å². The van der Waals surface area contributed by atoms with Crippen LogP contribution >= 0.6 is 0 Å². The van der Waals surface area contributed by atoms with Crippen LogP contribution in [0.1, 0.15) is 21.5 Å². The van der Waals surface area contributed by atoms with Gasteiger partial charge in [0.1, 0.15) is 11.5 Å². The van der Waals surface area contributed by atoms with Crippen molar-refractivity contribution in [1.29, 1.82) is 0 Å². The molecule has 0 radical (unpaired) electrons. The largest absolute Gasteiger partial charge is 0.457 e. The Morgan fingerprint density at radius 1 is 1.00 bits per heavy atom. The molecule has 0 bridgehead atoms. The van der Waals surface area contributed by atoms with Crippen LogP contribution in [-0.4, -0.2) is 6.29 Å². The van der Waals surface area contributed by atoms with Gasteiger partial charge in [-0.05, 0) is 43.7 Å². The molecule has 2 aromatic carbocycles. The van der Waals surface area contributed by atoms with Gasteiger partial charge in [0.05, 0.1) is 5.56 Å². The van der Waals surface area contributed by atoms with Crippen molar-refractivity contribution in [3.05, 3.63) is 59.2 Å². The van der Waals surface area contributed by atoms with E-state index in [-0.39, 0.29) is 0 Å². The van der Waals surface area contributed by atoms with E-state index >= 15 is 0 Å². The zero-order chi connectivity index (χ0) is 12.3. The maximum absolute atomic E-state index is 11.0. The molecule has 17 heavy (non-hydrogen) atoms. The minimum Gasteiger partial charge on any atom is -0.457 e. The van der Waals surface area contributed by atoms with Crippen LogP contribution in [-0.2, 0) is 0 Å². The molecule has 0 aliphatic rings. The first-order valence-electron chi connectivity index (χ1n) is 5.49. The molecule has 2 nitrogen and oxygen atoms in total. The van der Waals surface area contributed by atoms with Crippen LogP contribution in [0.4, 0.5) is 0 Å². The first-order chi connectivity index (χ1) is 8.19. The van der Waals surface area contributed by atoms with E-state index < -0.39 is 0 Å². The van der Waals surface area contributed by atoms with Gasteiger partial charge in [0, 0.05) is 0 Å². The third-order valence-electron chi connectivity index (χ3n) is 2.51. The number of benzene rings is 2. The highest BCUT2D eigenvalue weighted by molar-refractivity contribution is 5.79. The molecule has 0 amide bonds. The van der Waals surface area contributed by atoms with Gasteiger partial charge in [0.2, 0.25) is 0 Å². The average molecular weight is 226 g/mol. The minimum absolute atomic E-state index is 0.575. The molecule has 2 heteroatoms. The topological polar surface area (TPSA) is 26.3 Å². The van der Waals surface area contributed by atoms with Crippen LogP contribution in [0, 0.1) is 13.8 Å². The third kappa shape index (κ3) is 2.72. The number of carbonyl (C=O) groups is 1. The van der Waals surface area contributed by atoms with Crippen LogP contribution in [0.25, 0.3) is 0 Å². The molecule has 0 unspecified atom stereocenters. The summed E-state index contributed by atoms with van der Waals surface area (Å²) < 4.78 is 5.70. The van der Waals surface area contributed by atoms with Crippen molar-refractivity contribution in [3.8, 4) is 11.5 Å². The average Bonchev–Trinajstić information content (AvgIpc) is 2.31. The Morgan fingerprint density at radius 2 is 1.76 bits per heavy atom. The van der Waals surface area contributed by atoms with E-state index in [1.54, 1.807) is 0 Å². The second-order valence-corrected chi connectivity index (χ2v) is 4.08. The minimum atomic E-state index is 0.575. The number of hydrogen-bond acceptors (Lipinski definition) is 2. The molecule has 0 spiro atoms. The monoisotopic (exact) mass is 226 g/mol. The lowest BCUT2D eigenvalue weighted by molar-refractivity contribution is 0.112. The number of hydrogen-bond donors (Lipinski definition) is 0. The van der Waals surface area contributed by atoms with Crippen LogP contribution in [0.3, 0.4) is 0 Å². The van der Waals surface area contributed by atoms with Gasteiger partial charge in [0.25, 0.3) is 0 Å². The van der Waals surface area contributed by atoms with E-state index in [9.17, 15) is 4.79 Å². The first kappa shape index (κ1) is 11.4. The Kier molecular flexibility index (Phi) is 3.24. The summed E-state index contributed by atoms with van der Waals surface area (Å²) in [5.41, 5.74) is 2.75. The van der Waals surface area contributed by atoms with Gasteiger partial charge in [-0.2, -0.15) is 0 Å². The molecule has 0 fully saturated rings. The molecule has 86 valence electrons. The second-order valence-electron chi connectivity index (χ2n) is 4.08. The number of aryl methyl sites for hydroxylation is 2. The van der Waals surface area contributed by atoms with E-state index in [0.717, 1.165) is 23.2 Å². The summed E-state index contributed by atoms with van der Waals surface area (Å²) in [6.45, 7) is 3.95. The molecule has 0 saturated carbocycles. The van der Waals surface area contributed by atoms with Crippen molar-refractivity contribution in [2.24, 2.45) is 0 Å². The Labute approximate surface area is 101 Å². The van der Waals surface area contributed by atoms with Crippen LogP contribution in [0.2, 0.25) is 0 Å². The van der Waals surface area contributed by atoms with Crippen molar-refractivity contribution < 1.29 is 9.53 Å². The predicted octanol–water partition coefficient (Wildman–Crippen LogP) is 3.91. The summed E-state index contributed by atoms with van der Waals surface area (Å²) in [6, 6.07) is 13.3. The summed E-state index contributed by atoms with van der Waals surface area (Å²) in [4.78, 5) is 11.0. The van der Waals surface area contributed by atoms with E-state index in [2.05, 4.69) is 0 Å². The van der Waals surface area contributed by atoms with Crippen molar-refractivity contribution in [2.45, 2.75) is 13.8 Å². The van der Waals surface area contributed by atoms with Crippen molar-refractivity contribution >= 4 is 6.29 Å². The molecule has 0 saturated heterocycles. The molecule has 2 aromatic rings. The Balaban J connectivity index is 2.32. The molecule has 0 heterocycles. The number of aldehydes is 1. The van der Waals surface area contributed by atoms with Gasteiger partial charge in [-0.15, -0.1) is 0 Å². The summed E-state index contributed by atoms with van der Waals surface area (Å²) in [6.07, 6.45) is 0.818. The van der Waals surface area contributed by atoms with Crippen molar-refractivity contribution in [3.63, 3.8) is 0 Å². The highest BCUT2D eigenvalue weighted by Crippen LogP contribution is 2.25. The van der Waals surface area contributed by atoms with Gasteiger partial charge in [0.15, 0.2) is 6.29 Å². The van der Waals surface area contributed by atoms with Crippen molar-refractivity contribution in [2.75, 3.05) is 0 Å². The molecular formula is C15H14O2. The SMILES string of the molecule is Cc1cccc(Oc2ccc(C)cc2C=O)c1. The molecule has 0 aliphatic carbocycles. The second kappa shape index (κ2) is 4.83. The van der Waals surface area contributed by atoms with Crippen molar-refractivity contribution in [1.82, 2.24) is 0 Å². The van der Waals surface area contributed by atoms with Gasteiger partial charge in [-0.3, -0.25) is 4.79 Å². The smallest absolute Gasteiger partial charge is 0.153 e. The molecule has 0 N–H and O–H groups in total. The normalized spacial score (nSPS) is 10.0. The Morgan fingerprint density at radius 3 is 2.47 bits per heavy atom. The highest BCUT2D eigenvalue weighted by atomic mass is 16.5. The molecule has 0 aromatic heterocycles. The fourth-order valence-corrected chi connectivity index (χ4v) is 1.66. The maximum Gasteiger partial charge on any atom is 0.153 e. The molecule has 0 atom stereocenters. The van der Waals surface area contributed by atoms with E-state index in [1.807, 2.05) is 56.3 Å². The highest BCUT2D eigenvalue weighted by Gasteiger charge is 2.04. The third-order valence-corrected chi connectivity index (χ3v) is 2.51. The van der Waals surface area contributed by atoms with Crippen LogP contribution in [0.5, 0.6) is 11.5 Å². The lowest BCUT2D eigenvalue weighted by Crippen LogP contribution is -1.91. The van der Waals surface area contributed by atoms with Crippen LogP contribution < -0.4 is 4.74 Å². The number of ether oxygens (including phenoxy) is 1. The zero-order valence-electron chi connectivity index (χ0n) is 9.94. The van der Waals surface area contributed by atoms with E-state index in [1.165, 1.54) is 0 Å². The summed E-state index contributed by atoms with van der Waals surface area (Å²) in [5, 5.41) is 0. The van der Waals surface area contributed by atoms with E-state index in [4.69, 9.17) is 4.74 Å². The van der Waals surface area contributed by atoms with Crippen LogP contribution in [0.15, 0.2) is 42.5 Å². The van der Waals surface area contributed by atoms with E-state index in [0.29, 0.717) is 11.3 Å². The summed E-state index contributed by atoms with van der Waals surface area (Å²) in [5.74, 6) is 1.34. The fraction of sp³-hybridized carbons (Fsp3) is 0.133. The quantitative estimate of drug-likeness (QED) is 0.742. The number of rotatable bonds is 3. The summed E-state index contributed by atoms with van der Waals surface area (Å²) >= 11 is 0. The standard InChI is InChI=1S/C15H14O2/c1-11-4-3-5-14(9-11)17-15-7-6-12(2)8-13(15)10-16/h3-10H,1-2H3. The van der Waals surface area contributed by atoms with Gasteiger partial charge in [-0.1, -0.05) is 23.8 Å². The maximum atomic E-state index is 11.0. The first-order valence-corrected chi connectivity index (χ1v) is 5.49. The zero-order valence-corrected chi connectivity index (χ0v) is 9.94. The molecular weight excluding hydrogens is 212 g/mol. The lowest BCUT2D eigenvalue weighted by atomic mass is 10.1. The van der Waals surface area contributed by atoms with Gasteiger partial charge < -0.3 is 4.74 Å². The van der Waals surface area contributed by atoms with Gasteiger partial charge in [-0.25, -0.2) is 0 Å². The molecule has 0 aliphatic heterocycles. The Hall–Kier alpha value is -2.09.